The van der Waals surface area contributed by atoms with Gasteiger partial charge in [-0.2, -0.15) is 5.26 Å². The maximum absolute atomic E-state index is 12.5. The molecule has 0 spiro atoms. The Morgan fingerprint density at radius 2 is 2.00 bits per heavy atom. The summed E-state index contributed by atoms with van der Waals surface area (Å²) in [6.07, 6.45) is 0. The Kier molecular flexibility index (Phi) is 4.58. The minimum Gasteiger partial charge on any atom is -0.291 e. The van der Waals surface area contributed by atoms with Crippen molar-refractivity contribution < 1.29 is 4.79 Å². The summed E-state index contributed by atoms with van der Waals surface area (Å²) in [5.41, 5.74) is 1.66. The minimum atomic E-state index is -0.862. The molecule has 0 aliphatic heterocycles. The molecule has 1 unspecified atom stereocenters. The van der Waals surface area contributed by atoms with E-state index in [1.807, 2.05) is 30.5 Å². The summed E-state index contributed by atoms with van der Waals surface area (Å²) in [5.74, 6) is -1.05. The zero-order chi connectivity index (χ0) is 16.4. The van der Waals surface area contributed by atoms with Gasteiger partial charge in [0.1, 0.15) is 5.01 Å². The van der Waals surface area contributed by atoms with Crippen molar-refractivity contribution in [3.8, 4) is 17.3 Å². The summed E-state index contributed by atoms with van der Waals surface area (Å²) in [7, 11) is 0. The molecule has 1 atom stereocenters. The predicted molar refractivity (Wildman–Crippen MR) is 94.3 cm³/mol. The van der Waals surface area contributed by atoms with E-state index in [9.17, 15) is 10.1 Å². The Morgan fingerprint density at radius 3 is 2.61 bits per heavy atom. The Balaban J connectivity index is 1.90. The number of benzene rings is 1. The van der Waals surface area contributed by atoms with Gasteiger partial charge in [-0.1, -0.05) is 23.7 Å². The molecule has 0 radical (unpaired) electrons. The quantitative estimate of drug-likeness (QED) is 0.593. The first-order chi connectivity index (χ1) is 11.1. The molecule has 23 heavy (non-hydrogen) atoms. The number of hydrogen-bond donors (Lipinski definition) is 0. The van der Waals surface area contributed by atoms with E-state index < -0.39 is 5.92 Å². The second-order valence-corrected chi connectivity index (χ2v) is 7.53. The second-order valence-electron chi connectivity index (χ2n) is 4.91. The molecule has 3 aromatic rings. The van der Waals surface area contributed by atoms with E-state index in [1.54, 1.807) is 18.2 Å². The number of Topliss-reactive ketones (excluding diaryl/α,β-unsaturated/α-hetero) is 1. The second kappa shape index (κ2) is 6.63. The lowest BCUT2D eigenvalue weighted by molar-refractivity contribution is 0.0982. The van der Waals surface area contributed by atoms with Crippen molar-refractivity contribution in [2.75, 3.05) is 0 Å². The van der Waals surface area contributed by atoms with E-state index in [0.717, 1.165) is 16.1 Å². The average Bonchev–Trinajstić information content (AvgIpc) is 3.18. The molecule has 0 aliphatic rings. The van der Waals surface area contributed by atoms with Gasteiger partial charge in [0.2, 0.25) is 0 Å². The zero-order valence-corrected chi connectivity index (χ0v) is 14.5. The third-order valence-corrected chi connectivity index (χ3v) is 5.46. The smallest absolute Gasteiger partial charge is 0.196 e. The standard InChI is InChI=1S/C17H11ClN2OS2/c1-10-2-7-15(23-10)16(21)13(8-19)17-20-14(9-22-17)11-3-5-12(18)6-4-11/h2-7,9,13H,1H3. The number of thiophene rings is 1. The molecule has 6 heteroatoms. The van der Waals surface area contributed by atoms with Gasteiger partial charge < -0.3 is 0 Å². The molecule has 0 N–H and O–H groups in total. The van der Waals surface area contributed by atoms with E-state index in [-0.39, 0.29) is 5.78 Å². The largest absolute Gasteiger partial charge is 0.291 e. The van der Waals surface area contributed by atoms with Crippen LogP contribution < -0.4 is 0 Å². The Bertz CT molecular complexity index is 890. The molecule has 0 fully saturated rings. The zero-order valence-electron chi connectivity index (χ0n) is 12.1. The fourth-order valence-electron chi connectivity index (χ4n) is 2.11. The molecule has 0 aliphatic carbocycles. The summed E-state index contributed by atoms with van der Waals surface area (Å²) >= 11 is 8.61. The highest BCUT2D eigenvalue weighted by molar-refractivity contribution is 7.14. The topological polar surface area (TPSA) is 53.8 Å². The normalized spacial score (nSPS) is 11.9. The van der Waals surface area contributed by atoms with Crippen LogP contribution in [0.5, 0.6) is 0 Å². The lowest BCUT2D eigenvalue weighted by Gasteiger charge is -2.02. The maximum Gasteiger partial charge on any atom is 0.196 e. The highest BCUT2D eigenvalue weighted by Gasteiger charge is 2.26. The van der Waals surface area contributed by atoms with Crippen LogP contribution in [0.4, 0.5) is 0 Å². The molecule has 114 valence electrons. The fourth-order valence-corrected chi connectivity index (χ4v) is 3.94. The van der Waals surface area contributed by atoms with Crippen LogP contribution in [0.1, 0.15) is 25.5 Å². The maximum atomic E-state index is 12.5. The molecule has 0 saturated carbocycles. The van der Waals surface area contributed by atoms with Gasteiger partial charge in [-0.25, -0.2) is 4.98 Å². The number of nitriles is 1. The summed E-state index contributed by atoms with van der Waals surface area (Å²) in [6, 6.07) is 13.0. The van der Waals surface area contributed by atoms with Gasteiger partial charge in [0.15, 0.2) is 11.7 Å². The molecule has 2 aromatic heterocycles. The molecule has 2 heterocycles. The number of ketones is 1. The molecule has 1 aromatic carbocycles. The van der Waals surface area contributed by atoms with Crippen LogP contribution in [0.25, 0.3) is 11.3 Å². The summed E-state index contributed by atoms with van der Waals surface area (Å²) in [4.78, 5) is 18.6. The molecule has 0 saturated heterocycles. The number of carbonyl (C=O) groups excluding carboxylic acids is 1. The number of thiazole rings is 1. The number of nitrogens with zero attached hydrogens (tertiary/aromatic N) is 2. The molecule has 3 rings (SSSR count). The van der Waals surface area contributed by atoms with Gasteiger partial charge in [-0.05, 0) is 31.2 Å². The van der Waals surface area contributed by atoms with Gasteiger partial charge >= 0.3 is 0 Å². The summed E-state index contributed by atoms with van der Waals surface area (Å²) in [6.45, 7) is 1.94. The van der Waals surface area contributed by atoms with Gasteiger partial charge in [-0.3, -0.25) is 4.79 Å². The SMILES string of the molecule is Cc1ccc(C(=O)C(C#N)c2nc(-c3ccc(Cl)cc3)cs2)s1. The highest BCUT2D eigenvalue weighted by Crippen LogP contribution is 2.30. The van der Waals surface area contributed by atoms with Gasteiger partial charge in [0.05, 0.1) is 16.6 Å². The Morgan fingerprint density at radius 1 is 1.26 bits per heavy atom. The van der Waals surface area contributed by atoms with Gasteiger partial charge in [-0.15, -0.1) is 22.7 Å². The third kappa shape index (κ3) is 3.35. The van der Waals surface area contributed by atoms with Crippen molar-refractivity contribution in [3.05, 3.63) is 61.6 Å². The van der Waals surface area contributed by atoms with Crippen LogP contribution in [-0.2, 0) is 0 Å². The van der Waals surface area contributed by atoms with Crippen LogP contribution in [0.15, 0.2) is 41.8 Å². The Hall–Kier alpha value is -2.00. The fraction of sp³-hybridized carbons (Fsp3) is 0.118. The molecular weight excluding hydrogens is 348 g/mol. The van der Waals surface area contributed by atoms with Crippen molar-refractivity contribution in [1.82, 2.24) is 4.98 Å². The lowest BCUT2D eigenvalue weighted by atomic mass is 10.1. The monoisotopic (exact) mass is 358 g/mol. The van der Waals surface area contributed by atoms with Crippen molar-refractivity contribution >= 4 is 40.1 Å². The van der Waals surface area contributed by atoms with Crippen LogP contribution in [0.3, 0.4) is 0 Å². The van der Waals surface area contributed by atoms with Crippen molar-refractivity contribution in [1.29, 1.82) is 5.26 Å². The van der Waals surface area contributed by atoms with Gasteiger partial charge in [0.25, 0.3) is 0 Å². The van der Waals surface area contributed by atoms with Crippen molar-refractivity contribution in [2.45, 2.75) is 12.8 Å². The van der Waals surface area contributed by atoms with E-state index >= 15 is 0 Å². The number of aromatic nitrogens is 1. The number of halogens is 1. The lowest BCUT2D eigenvalue weighted by Crippen LogP contribution is -2.09. The van der Waals surface area contributed by atoms with Crippen LogP contribution in [0.2, 0.25) is 5.02 Å². The van der Waals surface area contributed by atoms with E-state index in [0.29, 0.717) is 14.9 Å². The van der Waals surface area contributed by atoms with E-state index in [1.165, 1.54) is 22.7 Å². The van der Waals surface area contributed by atoms with Crippen molar-refractivity contribution in [3.63, 3.8) is 0 Å². The molecular formula is C17H11ClN2OS2. The molecule has 0 bridgehead atoms. The molecule has 0 amide bonds. The van der Waals surface area contributed by atoms with E-state index in [4.69, 9.17) is 11.6 Å². The number of rotatable bonds is 4. The van der Waals surface area contributed by atoms with Crippen LogP contribution >= 0.6 is 34.3 Å². The first-order valence-corrected chi connectivity index (χ1v) is 8.87. The average molecular weight is 359 g/mol. The minimum absolute atomic E-state index is 0.192. The molecule has 3 nitrogen and oxygen atoms in total. The predicted octanol–water partition coefficient (Wildman–Crippen LogP) is 5.32. The third-order valence-electron chi connectivity index (χ3n) is 3.28. The Labute approximate surface area is 146 Å². The number of aryl methyl sites for hydroxylation is 1. The number of hydrogen-bond acceptors (Lipinski definition) is 5. The summed E-state index contributed by atoms with van der Waals surface area (Å²) in [5, 5.41) is 12.5. The van der Waals surface area contributed by atoms with Crippen LogP contribution in [0, 0.1) is 18.3 Å². The summed E-state index contributed by atoms with van der Waals surface area (Å²) < 4.78 is 0. The first-order valence-electron chi connectivity index (χ1n) is 6.80. The first kappa shape index (κ1) is 15.9. The van der Waals surface area contributed by atoms with E-state index in [2.05, 4.69) is 11.1 Å². The van der Waals surface area contributed by atoms with Gasteiger partial charge in [0, 0.05) is 20.8 Å². The van der Waals surface area contributed by atoms with Crippen molar-refractivity contribution in [2.24, 2.45) is 0 Å². The number of carbonyl (C=O) groups is 1. The highest BCUT2D eigenvalue weighted by atomic mass is 35.5. The van der Waals surface area contributed by atoms with Crippen LogP contribution in [-0.4, -0.2) is 10.8 Å².